The second-order valence-electron chi connectivity index (χ2n) is 6.06. The van der Waals surface area contributed by atoms with Crippen LogP contribution in [0.4, 0.5) is 5.82 Å². The largest absolute Gasteiger partial charge is 0.497 e. The van der Waals surface area contributed by atoms with Crippen molar-refractivity contribution in [2.45, 2.75) is 13.5 Å². The van der Waals surface area contributed by atoms with Gasteiger partial charge in [-0.25, -0.2) is 14.6 Å². The van der Waals surface area contributed by atoms with E-state index in [0.29, 0.717) is 6.54 Å². The summed E-state index contributed by atoms with van der Waals surface area (Å²) in [6.07, 6.45) is 3.36. The van der Waals surface area contributed by atoms with Gasteiger partial charge in [-0.05, 0) is 42.3 Å². The molecule has 130 valence electrons. The molecule has 0 aliphatic heterocycles. The molecule has 0 radical (unpaired) electrons. The predicted octanol–water partition coefficient (Wildman–Crippen LogP) is 3.74. The van der Waals surface area contributed by atoms with Crippen LogP contribution in [0.3, 0.4) is 0 Å². The summed E-state index contributed by atoms with van der Waals surface area (Å²) < 4.78 is 7.03. The van der Waals surface area contributed by atoms with Gasteiger partial charge in [0.05, 0.1) is 24.4 Å². The molecular formula is C20H19N5O. The molecule has 0 spiro atoms. The first kappa shape index (κ1) is 16.1. The molecule has 6 nitrogen and oxygen atoms in total. The number of rotatable bonds is 5. The van der Waals surface area contributed by atoms with Crippen LogP contribution in [0.2, 0.25) is 0 Å². The van der Waals surface area contributed by atoms with Crippen molar-refractivity contribution in [3.8, 4) is 11.4 Å². The Hall–Kier alpha value is -3.41. The molecule has 0 atom stereocenters. The lowest BCUT2D eigenvalue weighted by Crippen LogP contribution is -2.03. The fourth-order valence-electron chi connectivity index (χ4n) is 2.86. The Balaban J connectivity index is 1.62. The van der Waals surface area contributed by atoms with Crippen molar-refractivity contribution in [1.82, 2.24) is 19.7 Å². The molecule has 26 heavy (non-hydrogen) atoms. The summed E-state index contributed by atoms with van der Waals surface area (Å²) >= 11 is 0. The van der Waals surface area contributed by atoms with Gasteiger partial charge in [0.15, 0.2) is 5.65 Å². The van der Waals surface area contributed by atoms with Gasteiger partial charge in [-0.2, -0.15) is 5.10 Å². The van der Waals surface area contributed by atoms with Crippen molar-refractivity contribution in [2.75, 3.05) is 12.4 Å². The summed E-state index contributed by atoms with van der Waals surface area (Å²) in [5.74, 6) is 1.61. The molecule has 6 heteroatoms. The van der Waals surface area contributed by atoms with Crippen LogP contribution < -0.4 is 10.1 Å². The van der Waals surface area contributed by atoms with E-state index in [1.807, 2.05) is 41.1 Å². The highest BCUT2D eigenvalue weighted by atomic mass is 16.5. The Bertz CT molecular complexity index is 1040. The second kappa shape index (κ2) is 6.84. The Kier molecular flexibility index (Phi) is 4.23. The van der Waals surface area contributed by atoms with Crippen molar-refractivity contribution < 1.29 is 4.74 Å². The van der Waals surface area contributed by atoms with E-state index in [1.165, 1.54) is 5.56 Å². The lowest BCUT2D eigenvalue weighted by atomic mass is 10.2. The number of anilines is 1. The van der Waals surface area contributed by atoms with E-state index in [-0.39, 0.29) is 0 Å². The van der Waals surface area contributed by atoms with Gasteiger partial charge >= 0.3 is 0 Å². The Morgan fingerprint density at radius 1 is 1.08 bits per heavy atom. The van der Waals surface area contributed by atoms with E-state index >= 15 is 0 Å². The molecule has 4 aromatic rings. The molecule has 1 N–H and O–H groups in total. The number of nitrogens with one attached hydrogen (secondary N) is 1. The standard InChI is InChI=1S/C20H19N5O/c1-14-4-3-5-16(10-14)25-20-18(12-24-25)19(22-13-23-20)21-11-15-6-8-17(26-2)9-7-15/h3-10,12-13H,11H2,1-2H3,(H,21,22,23). The molecule has 2 aromatic carbocycles. The molecule has 0 aliphatic carbocycles. The third kappa shape index (κ3) is 3.09. The molecule has 0 fully saturated rings. The monoisotopic (exact) mass is 345 g/mol. The molecule has 0 amide bonds. The number of fused-ring (bicyclic) bond motifs is 1. The number of ether oxygens (including phenoxy) is 1. The van der Waals surface area contributed by atoms with Gasteiger partial charge in [0.2, 0.25) is 0 Å². The van der Waals surface area contributed by atoms with Crippen molar-refractivity contribution >= 4 is 16.9 Å². The molecule has 4 rings (SSSR count). The van der Waals surface area contributed by atoms with Gasteiger partial charge in [-0.15, -0.1) is 0 Å². The summed E-state index contributed by atoms with van der Waals surface area (Å²) in [5, 5.41) is 8.77. The number of aromatic nitrogens is 4. The summed E-state index contributed by atoms with van der Waals surface area (Å²) in [7, 11) is 1.66. The number of benzene rings is 2. The maximum absolute atomic E-state index is 5.19. The van der Waals surface area contributed by atoms with Crippen LogP contribution in [0.25, 0.3) is 16.7 Å². The predicted molar refractivity (Wildman–Crippen MR) is 102 cm³/mol. The summed E-state index contributed by atoms with van der Waals surface area (Å²) in [6.45, 7) is 2.72. The highest BCUT2D eigenvalue weighted by molar-refractivity contribution is 5.87. The van der Waals surface area contributed by atoms with Crippen LogP contribution in [0.1, 0.15) is 11.1 Å². The smallest absolute Gasteiger partial charge is 0.168 e. The van der Waals surface area contributed by atoms with Crippen LogP contribution in [0.15, 0.2) is 61.1 Å². The molecule has 0 saturated heterocycles. The van der Waals surface area contributed by atoms with Crippen LogP contribution in [-0.2, 0) is 6.54 Å². The summed E-state index contributed by atoms with van der Waals surface area (Å²) in [4.78, 5) is 8.80. The van der Waals surface area contributed by atoms with Crippen LogP contribution in [-0.4, -0.2) is 26.9 Å². The van der Waals surface area contributed by atoms with Crippen LogP contribution in [0, 0.1) is 6.92 Å². The molecule has 0 aliphatic rings. The molecular weight excluding hydrogens is 326 g/mol. The van der Waals surface area contributed by atoms with E-state index < -0.39 is 0 Å². The topological polar surface area (TPSA) is 64.9 Å². The maximum Gasteiger partial charge on any atom is 0.168 e. The average Bonchev–Trinajstić information content (AvgIpc) is 3.11. The second-order valence-corrected chi connectivity index (χ2v) is 6.06. The van der Waals surface area contributed by atoms with Crippen molar-refractivity contribution in [3.05, 3.63) is 72.2 Å². The normalized spacial score (nSPS) is 10.8. The van der Waals surface area contributed by atoms with Crippen molar-refractivity contribution in [3.63, 3.8) is 0 Å². The Labute approximate surface area is 151 Å². The summed E-state index contributed by atoms with van der Waals surface area (Å²) in [5.41, 5.74) is 4.09. The van der Waals surface area contributed by atoms with Gasteiger partial charge in [-0.1, -0.05) is 24.3 Å². The van der Waals surface area contributed by atoms with Crippen molar-refractivity contribution in [1.29, 1.82) is 0 Å². The van der Waals surface area contributed by atoms with Gasteiger partial charge in [0, 0.05) is 6.54 Å². The van der Waals surface area contributed by atoms with E-state index in [0.717, 1.165) is 33.9 Å². The zero-order valence-corrected chi connectivity index (χ0v) is 14.7. The lowest BCUT2D eigenvalue weighted by Gasteiger charge is -2.08. The van der Waals surface area contributed by atoms with E-state index in [1.54, 1.807) is 19.6 Å². The average molecular weight is 345 g/mol. The first-order chi connectivity index (χ1) is 12.7. The number of methoxy groups -OCH3 is 1. The molecule has 0 unspecified atom stereocenters. The number of aryl methyl sites for hydroxylation is 1. The fourth-order valence-corrected chi connectivity index (χ4v) is 2.86. The van der Waals surface area contributed by atoms with Gasteiger partial charge < -0.3 is 10.1 Å². The minimum Gasteiger partial charge on any atom is -0.497 e. The maximum atomic E-state index is 5.19. The Morgan fingerprint density at radius 2 is 1.92 bits per heavy atom. The fraction of sp³-hybridized carbons (Fsp3) is 0.150. The van der Waals surface area contributed by atoms with Gasteiger partial charge in [0.1, 0.15) is 17.9 Å². The van der Waals surface area contributed by atoms with Crippen LogP contribution >= 0.6 is 0 Å². The first-order valence-corrected chi connectivity index (χ1v) is 8.37. The first-order valence-electron chi connectivity index (χ1n) is 8.37. The molecule has 2 aromatic heterocycles. The minimum atomic E-state index is 0.658. The highest BCUT2D eigenvalue weighted by Gasteiger charge is 2.11. The zero-order valence-electron chi connectivity index (χ0n) is 14.7. The molecule has 0 saturated carbocycles. The quantitative estimate of drug-likeness (QED) is 0.597. The third-order valence-electron chi connectivity index (χ3n) is 4.23. The van der Waals surface area contributed by atoms with Gasteiger partial charge in [-0.3, -0.25) is 0 Å². The van der Waals surface area contributed by atoms with E-state index in [9.17, 15) is 0 Å². The summed E-state index contributed by atoms with van der Waals surface area (Å²) in [6, 6.07) is 16.1. The lowest BCUT2D eigenvalue weighted by molar-refractivity contribution is 0.414. The molecule has 2 heterocycles. The third-order valence-corrected chi connectivity index (χ3v) is 4.23. The van der Waals surface area contributed by atoms with Crippen LogP contribution in [0.5, 0.6) is 5.75 Å². The number of nitrogens with zero attached hydrogens (tertiary/aromatic N) is 4. The van der Waals surface area contributed by atoms with E-state index in [4.69, 9.17) is 4.74 Å². The zero-order chi connectivity index (χ0) is 17.9. The van der Waals surface area contributed by atoms with Crippen molar-refractivity contribution in [2.24, 2.45) is 0 Å². The number of hydrogen-bond donors (Lipinski definition) is 1. The minimum absolute atomic E-state index is 0.658. The Morgan fingerprint density at radius 3 is 2.69 bits per heavy atom. The number of hydrogen-bond acceptors (Lipinski definition) is 5. The van der Waals surface area contributed by atoms with E-state index in [2.05, 4.69) is 39.4 Å². The SMILES string of the molecule is COc1ccc(CNc2ncnc3c2cnn3-c2cccc(C)c2)cc1. The molecule has 0 bridgehead atoms. The van der Waals surface area contributed by atoms with Gasteiger partial charge in [0.25, 0.3) is 0 Å². The highest BCUT2D eigenvalue weighted by Crippen LogP contribution is 2.22.